The Kier molecular flexibility index (Phi) is 6.59. The highest BCUT2D eigenvalue weighted by Crippen LogP contribution is 2.36. The molecule has 4 heteroatoms. The summed E-state index contributed by atoms with van der Waals surface area (Å²) in [5.41, 5.74) is 14.3. The van der Waals surface area contributed by atoms with Crippen LogP contribution < -0.4 is 0 Å². The molecule has 0 radical (unpaired) electrons. The molecule has 0 N–H and O–H groups in total. The number of rotatable bonds is 5. The highest BCUT2D eigenvalue weighted by Gasteiger charge is 2.19. The molecule has 0 saturated heterocycles. The van der Waals surface area contributed by atoms with Gasteiger partial charge in [0.15, 0.2) is 0 Å². The number of benzene rings is 5. The number of hydrogen-bond donors (Lipinski definition) is 0. The molecule has 1 aliphatic rings. The first-order valence-corrected chi connectivity index (χ1v) is 17.2. The molecule has 5 aromatic carbocycles. The van der Waals surface area contributed by atoms with Gasteiger partial charge in [0.2, 0.25) is 0 Å². The summed E-state index contributed by atoms with van der Waals surface area (Å²) in [6.45, 7) is 0. The number of fused-ring (bicyclic) bond motifs is 6. The van der Waals surface area contributed by atoms with Crippen LogP contribution in [0.3, 0.4) is 0 Å². The Bertz CT molecular complexity index is 2730. The molecule has 50 heavy (non-hydrogen) atoms. The molecular weight excluding hydrogens is 609 g/mol. The molecule has 236 valence electrons. The van der Waals surface area contributed by atoms with E-state index in [2.05, 4.69) is 173 Å². The van der Waals surface area contributed by atoms with Crippen molar-refractivity contribution >= 4 is 38.8 Å². The molecule has 0 atom stereocenters. The highest BCUT2D eigenvalue weighted by molar-refractivity contribution is 6.09. The van der Waals surface area contributed by atoms with Crippen LogP contribution in [0.25, 0.3) is 84.1 Å². The fraction of sp³-hybridized carbons (Fsp3) is 0.0435. The number of aryl methyl sites for hydroxylation is 1. The van der Waals surface area contributed by atoms with Gasteiger partial charge in [-0.1, -0.05) is 97.1 Å². The number of pyridine rings is 2. The predicted molar refractivity (Wildman–Crippen MR) is 207 cm³/mol. The van der Waals surface area contributed by atoms with Crippen LogP contribution in [0.2, 0.25) is 0 Å². The number of nitrogens with zero attached hydrogens (tertiary/aromatic N) is 4. The zero-order valence-electron chi connectivity index (χ0n) is 27.4. The van der Waals surface area contributed by atoms with Crippen LogP contribution in [0.1, 0.15) is 17.7 Å². The summed E-state index contributed by atoms with van der Waals surface area (Å²) >= 11 is 0. The molecule has 4 heterocycles. The van der Waals surface area contributed by atoms with Crippen LogP contribution in [-0.4, -0.2) is 19.1 Å². The standard InChI is InChI=1S/C46H32N4/c1-5-25-43-35(17-1)36-18-2-6-26-44(36)49(43)33-15-9-13-31(29-33)39-21-11-23-41(47-39)42-24-12-22-40(48-42)32-14-10-16-34(30-32)50-45-27-7-3-19-37(45)38-20-4-8-28-46(38)50/h1-3,5-19,21-30H,4,20H2. The van der Waals surface area contributed by atoms with Crippen molar-refractivity contribution in [2.24, 2.45) is 0 Å². The number of aromatic nitrogens is 4. The lowest BCUT2D eigenvalue weighted by Gasteiger charge is -2.13. The van der Waals surface area contributed by atoms with Crippen LogP contribution in [0, 0.1) is 0 Å². The third-order valence-electron chi connectivity index (χ3n) is 10.00. The number of para-hydroxylation sites is 3. The molecule has 1 aliphatic carbocycles. The van der Waals surface area contributed by atoms with Crippen molar-refractivity contribution in [1.82, 2.24) is 19.1 Å². The smallest absolute Gasteiger partial charge is 0.0893 e. The molecular formula is C46H32N4. The lowest BCUT2D eigenvalue weighted by Crippen LogP contribution is -2.00. The summed E-state index contributed by atoms with van der Waals surface area (Å²) in [4.78, 5) is 10.3. The van der Waals surface area contributed by atoms with Crippen LogP contribution >= 0.6 is 0 Å². The SMILES string of the molecule is C1=Cc2c(c3ccccc3n2-c2cccc(-c3cccc(-c4cccc(-c5cccc(-n6c7ccccc7c7ccccc76)c5)n4)n3)c2)CC1. The van der Waals surface area contributed by atoms with Gasteiger partial charge in [-0.15, -0.1) is 0 Å². The molecule has 0 bridgehead atoms. The van der Waals surface area contributed by atoms with Gasteiger partial charge in [-0.2, -0.15) is 0 Å². The number of hydrogen-bond acceptors (Lipinski definition) is 2. The van der Waals surface area contributed by atoms with E-state index in [1.807, 2.05) is 6.07 Å². The predicted octanol–water partition coefficient (Wildman–Crippen LogP) is 11.5. The van der Waals surface area contributed by atoms with Crippen molar-refractivity contribution in [1.29, 1.82) is 0 Å². The fourth-order valence-electron chi connectivity index (χ4n) is 7.75. The summed E-state index contributed by atoms with van der Waals surface area (Å²) in [6.07, 6.45) is 6.72. The van der Waals surface area contributed by atoms with E-state index in [1.165, 1.54) is 44.0 Å². The maximum atomic E-state index is 5.16. The van der Waals surface area contributed by atoms with Gasteiger partial charge in [0.25, 0.3) is 0 Å². The average Bonchev–Trinajstić information content (AvgIpc) is 3.71. The van der Waals surface area contributed by atoms with E-state index in [4.69, 9.17) is 9.97 Å². The summed E-state index contributed by atoms with van der Waals surface area (Å²) in [6, 6.07) is 55.8. The third-order valence-corrected chi connectivity index (χ3v) is 10.00. The zero-order chi connectivity index (χ0) is 33.0. The maximum absolute atomic E-state index is 5.16. The van der Waals surface area contributed by atoms with Gasteiger partial charge in [0.1, 0.15) is 0 Å². The minimum Gasteiger partial charge on any atom is -0.310 e. The van der Waals surface area contributed by atoms with Gasteiger partial charge in [-0.3, -0.25) is 0 Å². The Morgan fingerprint density at radius 2 is 0.900 bits per heavy atom. The Morgan fingerprint density at radius 3 is 1.50 bits per heavy atom. The third kappa shape index (κ3) is 4.61. The molecule has 4 aromatic heterocycles. The van der Waals surface area contributed by atoms with Crippen LogP contribution in [0.15, 0.2) is 164 Å². The fourth-order valence-corrected chi connectivity index (χ4v) is 7.75. The van der Waals surface area contributed by atoms with Crippen molar-refractivity contribution in [2.45, 2.75) is 12.8 Å². The first-order valence-electron chi connectivity index (χ1n) is 17.2. The van der Waals surface area contributed by atoms with Crippen LogP contribution in [-0.2, 0) is 6.42 Å². The zero-order valence-corrected chi connectivity index (χ0v) is 27.4. The molecule has 0 saturated carbocycles. The molecule has 0 unspecified atom stereocenters. The van der Waals surface area contributed by atoms with E-state index in [1.54, 1.807) is 0 Å². The van der Waals surface area contributed by atoms with Crippen molar-refractivity contribution < 1.29 is 0 Å². The first kappa shape index (κ1) is 28.5. The van der Waals surface area contributed by atoms with Gasteiger partial charge < -0.3 is 9.13 Å². The van der Waals surface area contributed by atoms with Gasteiger partial charge in [0, 0.05) is 44.4 Å². The average molecular weight is 641 g/mol. The van der Waals surface area contributed by atoms with E-state index >= 15 is 0 Å². The summed E-state index contributed by atoms with van der Waals surface area (Å²) < 4.78 is 4.74. The van der Waals surface area contributed by atoms with Crippen molar-refractivity contribution in [3.8, 4) is 45.3 Å². The van der Waals surface area contributed by atoms with Gasteiger partial charge in [0.05, 0.1) is 39.3 Å². The molecule has 0 aliphatic heterocycles. The molecule has 0 amide bonds. The van der Waals surface area contributed by atoms with E-state index < -0.39 is 0 Å². The number of allylic oxidation sites excluding steroid dienone is 1. The topological polar surface area (TPSA) is 35.6 Å². The molecule has 10 rings (SSSR count). The van der Waals surface area contributed by atoms with E-state index in [9.17, 15) is 0 Å². The van der Waals surface area contributed by atoms with Crippen molar-refractivity contribution in [3.05, 3.63) is 175 Å². The normalized spacial score (nSPS) is 12.6. The molecule has 4 nitrogen and oxygen atoms in total. The van der Waals surface area contributed by atoms with Gasteiger partial charge in [-0.05, 0) is 91.2 Å². The van der Waals surface area contributed by atoms with E-state index in [0.717, 1.165) is 58.1 Å². The minimum absolute atomic E-state index is 0.846. The van der Waals surface area contributed by atoms with E-state index in [-0.39, 0.29) is 0 Å². The lowest BCUT2D eigenvalue weighted by atomic mass is 10.0. The van der Waals surface area contributed by atoms with Crippen molar-refractivity contribution in [2.75, 3.05) is 0 Å². The maximum Gasteiger partial charge on any atom is 0.0893 e. The van der Waals surface area contributed by atoms with E-state index in [0.29, 0.717) is 0 Å². The largest absolute Gasteiger partial charge is 0.310 e. The Morgan fingerprint density at radius 1 is 0.420 bits per heavy atom. The van der Waals surface area contributed by atoms with Gasteiger partial charge >= 0.3 is 0 Å². The van der Waals surface area contributed by atoms with Crippen molar-refractivity contribution in [3.63, 3.8) is 0 Å². The second-order valence-corrected chi connectivity index (χ2v) is 12.9. The summed E-state index contributed by atoms with van der Waals surface area (Å²) in [7, 11) is 0. The second kappa shape index (κ2) is 11.6. The Balaban J connectivity index is 1.02. The molecule has 9 aromatic rings. The van der Waals surface area contributed by atoms with Crippen LogP contribution in [0.4, 0.5) is 0 Å². The summed E-state index contributed by atoms with van der Waals surface area (Å²) in [5.74, 6) is 0. The van der Waals surface area contributed by atoms with Gasteiger partial charge in [-0.25, -0.2) is 9.97 Å². The lowest BCUT2D eigenvalue weighted by molar-refractivity contribution is 0.967. The first-order chi connectivity index (χ1) is 24.8. The monoisotopic (exact) mass is 640 g/mol. The highest BCUT2D eigenvalue weighted by atomic mass is 15.0. The summed E-state index contributed by atoms with van der Waals surface area (Å²) in [5, 5.41) is 3.84. The molecule has 0 spiro atoms. The van der Waals surface area contributed by atoms with Crippen LogP contribution in [0.5, 0.6) is 0 Å². The molecule has 0 fully saturated rings. The quantitative estimate of drug-likeness (QED) is 0.188. The Labute approximate surface area is 290 Å². The Hall–Kier alpha value is -6.52. The second-order valence-electron chi connectivity index (χ2n) is 12.9. The minimum atomic E-state index is 0.846.